The van der Waals surface area contributed by atoms with E-state index in [-0.39, 0.29) is 5.29 Å². The minimum atomic E-state index is -2.26. The van der Waals surface area contributed by atoms with Gasteiger partial charge in [0.25, 0.3) is 0 Å². The first-order valence-electron chi connectivity index (χ1n) is 7.19. The average molecular weight is 363 g/mol. The highest BCUT2D eigenvalue weighted by atomic mass is 35.5. The van der Waals surface area contributed by atoms with Gasteiger partial charge in [-0.2, -0.15) is 9.89 Å². The first-order valence-corrected chi connectivity index (χ1v) is 7.57. The van der Waals surface area contributed by atoms with Gasteiger partial charge in [-0.05, 0) is 32.7 Å². The maximum atomic E-state index is 11.1. The molecule has 1 atom stereocenters. The molecule has 0 aromatic rings. The van der Waals surface area contributed by atoms with E-state index >= 15 is 0 Å². The topological polar surface area (TPSA) is 124 Å². The number of aliphatic imine (C=N–C) groups is 2. The van der Waals surface area contributed by atoms with Crippen molar-refractivity contribution in [3.05, 3.63) is 20.2 Å². The predicted octanol–water partition coefficient (Wildman–Crippen LogP) is -0.818. The van der Waals surface area contributed by atoms with Crippen molar-refractivity contribution in [2.75, 3.05) is 47.3 Å². The number of nitro groups is 2. The van der Waals surface area contributed by atoms with E-state index in [2.05, 4.69) is 14.9 Å². The van der Waals surface area contributed by atoms with Crippen molar-refractivity contribution in [1.29, 1.82) is 0 Å². The molecular weight excluding hydrogens is 344 g/mol. The molecule has 2 heterocycles. The smallest absolute Gasteiger partial charge is 0.338 e. The molecule has 0 amide bonds. The predicted molar refractivity (Wildman–Crippen MR) is 86.9 cm³/mol. The van der Waals surface area contributed by atoms with Crippen molar-refractivity contribution in [1.82, 2.24) is 19.6 Å². The molecular formula is C11H19ClN8O4. The molecule has 0 aliphatic carbocycles. The van der Waals surface area contributed by atoms with Crippen molar-refractivity contribution in [2.24, 2.45) is 9.98 Å². The zero-order valence-corrected chi connectivity index (χ0v) is 14.3. The Hall–Kier alpha value is -2.05. The van der Waals surface area contributed by atoms with Gasteiger partial charge in [-0.1, -0.05) is 0 Å². The monoisotopic (exact) mass is 362 g/mol. The van der Waals surface area contributed by atoms with Crippen LogP contribution in [-0.2, 0) is 0 Å². The summed E-state index contributed by atoms with van der Waals surface area (Å²) in [4.78, 5) is 34.9. The van der Waals surface area contributed by atoms with Gasteiger partial charge in [-0.15, -0.1) is 0 Å². The van der Waals surface area contributed by atoms with Crippen LogP contribution in [0.5, 0.6) is 0 Å². The first-order chi connectivity index (χ1) is 11.2. The van der Waals surface area contributed by atoms with Crippen LogP contribution < -0.4 is 0 Å². The molecule has 0 spiro atoms. The third kappa shape index (κ3) is 3.71. The fraction of sp³-hybridized carbons (Fsp3) is 0.818. The van der Waals surface area contributed by atoms with Crippen molar-refractivity contribution >= 4 is 22.9 Å². The maximum absolute atomic E-state index is 11.1. The van der Waals surface area contributed by atoms with Crippen LogP contribution in [0.1, 0.15) is 0 Å². The zero-order chi connectivity index (χ0) is 18.0. The Labute approximate surface area is 143 Å². The molecule has 134 valence electrons. The van der Waals surface area contributed by atoms with E-state index in [0.717, 1.165) is 18.0 Å². The van der Waals surface area contributed by atoms with E-state index in [0.29, 0.717) is 19.0 Å². The number of likely N-dealkylation sites (N-methyl/N-ethyl adjacent to an activating group) is 1. The van der Waals surface area contributed by atoms with Crippen LogP contribution in [0.3, 0.4) is 0 Å². The van der Waals surface area contributed by atoms with E-state index in [4.69, 9.17) is 11.6 Å². The van der Waals surface area contributed by atoms with Crippen molar-refractivity contribution in [2.45, 2.75) is 12.6 Å². The third-order valence-corrected chi connectivity index (χ3v) is 4.04. The molecule has 2 rings (SSSR count). The van der Waals surface area contributed by atoms with Crippen LogP contribution in [0.2, 0.25) is 0 Å². The lowest BCUT2D eigenvalue weighted by Gasteiger charge is -2.38. The molecule has 0 saturated carbocycles. The molecule has 2 aliphatic heterocycles. The summed E-state index contributed by atoms with van der Waals surface area (Å²) in [7, 11) is 5.21. The van der Waals surface area contributed by atoms with Crippen LogP contribution in [-0.4, -0.2) is 101 Å². The van der Waals surface area contributed by atoms with Crippen LogP contribution >= 0.6 is 11.6 Å². The number of nitrogens with zero attached hydrogens (tertiary/aromatic N) is 8. The second kappa shape index (κ2) is 7.23. The van der Waals surface area contributed by atoms with Gasteiger partial charge in [0.05, 0.1) is 0 Å². The minimum absolute atomic E-state index is 0.323. The summed E-state index contributed by atoms with van der Waals surface area (Å²) in [5.74, 6) is 0.327. The molecule has 0 radical (unpaired) electrons. The molecule has 0 aromatic heterocycles. The quantitative estimate of drug-likeness (QED) is 0.275. The van der Waals surface area contributed by atoms with Crippen LogP contribution in [0.25, 0.3) is 0 Å². The van der Waals surface area contributed by atoms with Crippen molar-refractivity contribution < 1.29 is 9.85 Å². The Bertz CT molecular complexity index is 560. The number of piperazine rings is 1. The number of guanidine groups is 1. The van der Waals surface area contributed by atoms with Crippen LogP contribution in [0.4, 0.5) is 0 Å². The number of amidine groups is 1. The number of halogens is 1. The van der Waals surface area contributed by atoms with Gasteiger partial charge in [0, 0.05) is 26.2 Å². The second-order valence-electron chi connectivity index (χ2n) is 5.73. The average Bonchev–Trinajstić information content (AvgIpc) is 2.48. The Morgan fingerprint density at radius 1 is 1.21 bits per heavy atom. The summed E-state index contributed by atoms with van der Waals surface area (Å²) < 4.78 is 0. The van der Waals surface area contributed by atoms with Gasteiger partial charge in [-0.25, -0.2) is 4.99 Å². The maximum Gasteiger partial charge on any atom is 0.540 e. The first kappa shape index (κ1) is 18.3. The molecule has 13 heteroatoms. The summed E-state index contributed by atoms with van der Waals surface area (Å²) >= 11 is 6.07. The van der Waals surface area contributed by atoms with E-state index in [1.54, 1.807) is 14.1 Å². The third-order valence-electron chi connectivity index (χ3n) is 3.76. The highest BCUT2D eigenvalue weighted by molar-refractivity contribution is 6.65. The Morgan fingerprint density at radius 3 is 2.21 bits per heavy atom. The van der Waals surface area contributed by atoms with Gasteiger partial charge in [0.2, 0.25) is 11.3 Å². The summed E-state index contributed by atoms with van der Waals surface area (Å²) in [5, 5.41) is 21.9. The lowest BCUT2D eigenvalue weighted by Crippen LogP contribution is -2.59. The van der Waals surface area contributed by atoms with Crippen molar-refractivity contribution in [3.8, 4) is 0 Å². The lowest BCUT2D eigenvalue weighted by atomic mass is 10.3. The molecule has 0 N–H and O–H groups in total. The molecule has 2 aliphatic rings. The highest BCUT2D eigenvalue weighted by Crippen LogP contribution is 2.20. The zero-order valence-electron chi connectivity index (χ0n) is 13.6. The fourth-order valence-electron chi connectivity index (χ4n) is 2.45. The van der Waals surface area contributed by atoms with E-state index in [1.165, 1.54) is 4.90 Å². The second-order valence-corrected chi connectivity index (χ2v) is 6.07. The van der Waals surface area contributed by atoms with Crippen LogP contribution in [0, 0.1) is 20.2 Å². The van der Waals surface area contributed by atoms with Gasteiger partial charge in [-0.3, -0.25) is 25.1 Å². The number of hydrogen-bond acceptors (Lipinski definition) is 10. The Kier molecular flexibility index (Phi) is 5.51. The fourth-order valence-corrected chi connectivity index (χ4v) is 2.70. The minimum Gasteiger partial charge on any atom is -0.338 e. The van der Waals surface area contributed by atoms with Crippen molar-refractivity contribution in [3.63, 3.8) is 0 Å². The van der Waals surface area contributed by atoms with Gasteiger partial charge < -0.3 is 9.80 Å². The van der Waals surface area contributed by atoms with Gasteiger partial charge in [0.15, 0.2) is 6.29 Å². The lowest BCUT2D eigenvalue weighted by molar-refractivity contribution is -0.766. The molecule has 12 nitrogen and oxygen atoms in total. The standard InChI is InChI=1S/C11H19ClN8O4/c1-15(2)10-14-9(17-6-4-16(3)5-7-17)13-8(12)18(10)11(19(21)22)20(23)24/h10-11H,4-7H2,1-3H3. The number of hydrogen-bond donors (Lipinski definition) is 0. The van der Waals surface area contributed by atoms with E-state index in [9.17, 15) is 20.2 Å². The van der Waals surface area contributed by atoms with Gasteiger partial charge >= 0.3 is 6.29 Å². The van der Waals surface area contributed by atoms with E-state index in [1.807, 2.05) is 11.9 Å². The molecule has 0 bridgehead atoms. The largest absolute Gasteiger partial charge is 0.540 e. The summed E-state index contributed by atoms with van der Waals surface area (Å²) in [6.45, 7) is 2.98. The normalized spacial score (nSPS) is 22.7. The Balaban J connectivity index is 2.32. The Morgan fingerprint density at radius 2 is 1.75 bits per heavy atom. The van der Waals surface area contributed by atoms with Gasteiger partial charge in [0.1, 0.15) is 9.85 Å². The SMILES string of the molecule is CN1CCN(C2=NC(N(C)C)N(C([N+](=O)[O-])[N+](=O)[O-])C(Cl)=N2)CC1. The van der Waals surface area contributed by atoms with E-state index < -0.39 is 22.4 Å². The summed E-state index contributed by atoms with van der Waals surface area (Å²) in [5.41, 5.74) is 0. The number of rotatable bonds is 4. The summed E-state index contributed by atoms with van der Waals surface area (Å²) in [6.07, 6.45) is -3.25. The van der Waals surface area contributed by atoms with Crippen LogP contribution in [0.15, 0.2) is 9.98 Å². The molecule has 1 fully saturated rings. The summed E-state index contributed by atoms with van der Waals surface area (Å²) in [6, 6.07) is 0. The molecule has 0 aromatic carbocycles. The highest BCUT2D eigenvalue weighted by Gasteiger charge is 2.48. The molecule has 24 heavy (non-hydrogen) atoms. The molecule has 1 saturated heterocycles. The molecule has 1 unspecified atom stereocenters.